The summed E-state index contributed by atoms with van der Waals surface area (Å²) in [5.74, 6) is 0. The van der Waals surface area contributed by atoms with Gasteiger partial charge in [-0.15, -0.1) is 0 Å². The van der Waals surface area contributed by atoms with E-state index in [1.807, 2.05) is 18.2 Å². The molecule has 3 atom stereocenters. The van der Waals surface area contributed by atoms with E-state index in [9.17, 15) is 14.7 Å². The molecule has 0 spiro atoms. The number of aliphatic hydroxyl groups is 1. The molecule has 0 radical (unpaired) electrons. The minimum atomic E-state index is -0.477. The van der Waals surface area contributed by atoms with Gasteiger partial charge in [-0.3, -0.25) is 0 Å². The molecule has 1 fully saturated rings. The first-order valence-corrected chi connectivity index (χ1v) is 9.23. The fourth-order valence-corrected chi connectivity index (χ4v) is 5.21. The second-order valence-corrected chi connectivity index (χ2v) is 8.25. The maximum atomic E-state index is 12.0. The van der Waals surface area contributed by atoms with Gasteiger partial charge in [0.2, 0.25) is 0 Å². The van der Waals surface area contributed by atoms with Crippen LogP contribution < -0.4 is 15.7 Å². The zero-order chi connectivity index (χ0) is 16.4. The molecule has 6 nitrogen and oxygen atoms in total. The predicted molar refractivity (Wildman–Crippen MR) is 87.3 cm³/mol. The number of nitrogens with zero attached hydrogens (tertiary/aromatic N) is 1. The number of aryl methyl sites for hydroxylation is 1. The van der Waals surface area contributed by atoms with Crippen LogP contribution >= 0.6 is 0 Å². The van der Waals surface area contributed by atoms with Gasteiger partial charge in [0.1, 0.15) is 0 Å². The van der Waals surface area contributed by atoms with E-state index in [0.717, 1.165) is 0 Å². The molecule has 2 heterocycles. The molecule has 1 aromatic carbocycles. The van der Waals surface area contributed by atoms with Gasteiger partial charge in [-0.1, -0.05) is 0 Å². The van der Waals surface area contributed by atoms with Crippen LogP contribution in [-0.4, -0.2) is 42.3 Å². The van der Waals surface area contributed by atoms with Gasteiger partial charge in [0.05, 0.1) is 0 Å². The molecule has 3 rings (SSSR count). The second kappa shape index (κ2) is 6.84. The van der Waals surface area contributed by atoms with Gasteiger partial charge in [-0.25, -0.2) is 0 Å². The molecular formula is C16H18N2O4Se. The Morgan fingerprint density at radius 2 is 2.09 bits per heavy atom. The molecule has 0 amide bonds. The summed E-state index contributed by atoms with van der Waals surface area (Å²) >= 11 is 0.143. The predicted octanol–water partition coefficient (Wildman–Crippen LogP) is -0.0570. The Labute approximate surface area is 139 Å². The van der Waals surface area contributed by atoms with E-state index in [4.69, 9.17) is 4.74 Å². The van der Waals surface area contributed by atoms with Crippen LogP contribution in [0.2, 0.25) is 4.82 Å². The Hall–Kier alpha value is -1.66. The van der Waals surface area contributed by atoms with Crippen molar-refractivity contribution in [3.05, 3.63) is 62.9 Å². The number of nitrogens with one attached hydrogen (secondary N) is 1. The Balaban J connectivity index is 1.83. The van der Waals surface area contributed by atoms with Gasteiger partial charge in [0, 0.05) is 0 Å². The third-order valence-corrected chi connectivity index (χ3v) is 6.67. The first-order chi connectivity index (χ1) is 11.1. The molecule has 2 N–H and O–H groups in total. The fraction of sp³-hybridized carbons (Fsp3) is 0.375. The van der Waals surface area contributed by atoms with Gasteiger partial charge in [-0.05, 0) is 0 Å². The number of aromatic amines is 1. The monoisotopic (exact) mass is 382 g/mol. The molecule has 23 heavy (non-hydrogen) atoms. The molecule has 1 aliphatic rings. The molecule has 7 heteroatoms. The Morgan fingerprint density at radius 3 is 2.78 bits per heavy atom. The molecule has 122 valence electrons. The van der Waals surface area contributed by atoms with Crippen molar-refractivity contribution in [2.45, 2.75) is 30.5 Å². The summed E-state index contributed by atoms with van der Waals surface area (Å²) in [6.07, 6.45) is 1.43. The van der Waals surface area contributed by atoms with Crippen molar-refractivity contribution in [1.82, 2.24) is 9.55 Å². The van der Waals surface area contributed by atoms with Crippen LogP contribution in [0, 0.1) is 6.92 Å². The normalized spacial score (nSPS) is 24.0. The average Bonchev–Trinajstić information content (AvgIpc) is 2.94. The van der Waals surface area contributed by atoms with E-state index in [0.29, 0.717) is 12.0 Å². The SMILES string of the molecule is Cc1cn([C@H]2C[C@H]([Se]c3ccccc3)[C@@H](CO)O2)c(=O)[nH]c1=O. The number of benzene rings is 1. The van der Waals surface area contributed by atoms with Crippen molar-refractivity contribution >= 4 is 19.4 Å². The van der Waals surface area contributed by atoms with Crippen molar-refractivity contribution in [2.75, 3.05) is 6.61 Å². The van der Waals surface area contributed by atoms with Crippen molar-refractivity contribution in [3.63, 3.8) is 0 Å². The van der Waals surface area contributed by atoms with Crippen molar-refractivity contribution < 1.29 is 9.84 Å². The topological polar surface area (TPSA) is 84.3 Å². The summed E-state index contributed by atoms with van der Waals surface area (Å²) in [6.45, 7) is 1.57. The molecule has 1 aromatic heterocycles. The van der Waals surface area contributed by atoms with Crippen LogP contribution in [0.25, 0.3) is 0 Å². The maximum absolute atomic E-state index is 12.0. The van der Waals surface area contributed by atoms with Crippen LogP contribution in [0.3, 0.4) is 0 Å². The van der Waals surface area contributed by atoms with Gasteiger partial charge >= 0.3 is 139 Å². The summed E-state index contributed by atoms with van der Waals surface area (Å²) < 4.78 is 8.51. The molecule has 0 aliphatic carbocycles. The van der Waals surface area contributed by atoms with Crippen LogP contribution in [-0.2, 0) is 4.74 Å². The summed E-state index contributed by atoms with van der Waals surface area (Å²) in [7, 11) is 0. The standard InChI is InChI=1S/C16H18N2O4Se/c1-10-8-18(16(21)17-15(10)20)14-7-13(12(9-19)22-14)23-11-5-3-2-4-6-11/h2-6,8,12-14,19H,7,9H2,1H3,(H,17,20,21)/t12-,13+,14-/m1/s1. The van der Waals surface area contributed by atoms with Crippen molar-refractivity contribution in [2.24, 2.45) is 0 Å². The molecule has 1 aliphatic heterocycles. The number of hydrogen-bond donors (Lipinski definition) is 2. The van der Waals surface area contributed by atoms with E-state index >= 15 is 0 Å². The molecular weight excluding hydrogens is 363 g/mol. The minimum absolute atomic E-state index is 0.0766. The number of aliphatic hydroxyl groups excluding tert-OH is 1. The molecule has 0 saturated carbocycles. The molecule has 2 aromatic rings. The van der Waals surface area contributed by atoms with Crippen LogP contribution in [0.1, 0.15) is 18.2 Å². The number of aromatic nitrogens is 2. The van der Waals surface area contributed by atoms with E-state index in [1.54, 1.807) is 6.92 Å². The Kier molecular flexibility index (Phi) is 4.82. The summed E-state index contributed by atoms with van der Waals surface area (Å²) in [4.78, 5) is 26.0. The zero-order valence-electron chi connectivity index (χ0n) is 12.6. The molecule has 0 unspecified atom stereocenters. The first kappa shape index (κ1) is 16.2. The molecule has 0 bridgehead atoms. The van der Waals surface area contributed by atoms with E-state index in [-0.39, 0.29) is 38.0 Å². The average molecular weight is 381 g/mol. The number of hydrogen-bond acceptors (Lipinski definition) is 4. The third-order valence-electron chi connectivity index (χ3n) is 3.85. The van der Waals surface area contributed by atoms with E-state index in [1.165, 1.54) is 15.2 Å². The summed E-state index contributed by atoms with van der Waals surface area (Å²) in [5.41, 5.74) is -0.395. The van der Waals surface area contributed by atoms with Gasteiger partial charge in [0.15, 0.2) is 0 Å². The Morgan fingerprint density at radius 1 is 1.35 bits per heavy atom. The van der Waals surface area contributed by atoms with Crippen molar-refractivity contribution in [3.8, 4) is 0 Å². The Bertz CT molecular complexity index is 787. The molecule has 1 saturated heterocycles. The summed E-state index contributed by atoms with van der Waals surface area (Å²) in [5, 5.41) is 9.59. The van der Waals surface area contributed by atoms with Crippen molar-refractivity contribution in [1.29, 1.82) is 0 Å². The number of rotatable bonds is 4. The van der Waals surface area contributed by atoms with E-state index < -0.39 is 11.9 Å². The fourth-order valence-electron chi connectivity index (χ4n) is 2.63. The third kappa shape index (κ3) is 3.48. The van der Waals surface area contributed by atoms with Gasteiger partial charge < -0.3 is 0 Å². The number of H-pyrrole nitrogens is 1. The van der Waals surface area contributed by atoms with Crippen LogP contribution in [0.15, 0.2) is 46.1 Å². The summed E-state index contributed by atoms with van der Waals surface area (Å²) in [6, 6.07) is 10.1. The number of ether oxygens (including phenoxy) is 1. The van der Waals surface area contributed by atoms with E-state index in [2.05, 4.69) is 17.1 Å². The van der Waals surface area contributed by atoms with Crippen LogP contribution in [0.5, 0.6) is 0 Å². The zero-order valence-corrected chi connectivity index (χ0v) is 14.4. The first-order valence-electron chi connectivity index (χ1n) is 7.38. The van der Waals surface area contributed by atoms with Crippen LogP contribution in [0.4, 0.5) is 0 Å². The quantitative estimate of drug-likeness (QED) is 0.727. The van der Waals surface area contributed by atoms with Gasteiger partial charge in [0.25, 0.3) is 0 Å². The van der Waals surface area contributed by atoms with Gasteiger partial charge in [-0.2, -0.15) is 0 Å². The second-order valence-electron chi connectivity index (χ2n) is 5.50.